The molecule has 0 atom stereocenters. The van der Waals surface area contributed by atoms with Crippen LogP contribution in [0.1, 0.15) is 36.9 Å². The Morgan fingerprint density at radius 3 is 2.65 bits per heavy atom. The van der Waals surface area contributed by atoms with Gasteiger partial charge in [0.2, 0.25) is 5.91 Å². The molecule has 1 saturated heterocycles. The van der Waals surface area contributed by atoms with Crippen LogP contribution in [0.3, 0.4) is 0 Å². The van der Waals surface area contributed by atoms with Gasteiger partial charge >= 0.3 is 0 Å². The van der Waals surface area contributed by atoms with Crippen molar-refractivity contribution >= 4 is 23.2 Å². The fraction of sp³-hybridized carbons (Fsp3) is 0.333. The van der Waals surface area contributed by atoms with Gasteiger partial charge in [0.25, 0.3) is 0 Å². The summed E-state index contributed by atoms with van der Waals surface area (Å²) in [4.78, 5) is 28.0. The number of amides is 1. The number of aromatic nitrogens is 3. The van der Waals surface area contributed by atoms with E-state index in [1.165, 1.54) is 5.56 Å². The van der Waals surface area contributed by atoms with Crippen LogP contribution < -0.4 is 10.6 Å². The molecule has 0 radical (unpaired) electrons. The number of anilines is 3. The van der Waals surface area contributed by atoms with E-state index in [-0.39, 0.29) is 5.91 Å². The van der Waals surface area contributed by atoms with Gasteiger partial charge in [0.1, 0.15) is 11.6 Å². The SMILES string of the molecule is CCc1ccccc1NCC(=O)N1CCC(c2cncc(Nc3ccccn3)n2)CC1. The van der Waals surface area contributed by atoms with Gasteiger partial charge in [-0.05, 0) is 43.0 Å². The van der Waals surface area contributed by atoms with Crippen molar-refractivity contribution in [3.63, 3.8) is 0 Å². The highest BCUT2D eigenvalue weighted by molar-refractivity contribution is 5.81. The maximum atomic E-state index is 12.7. The molecule has 2 N–H and O–H groups in total. The normalized spacial score (nSPS) is 14.3. The van der Waals surface area contributed by atoms with E-state index in [1.54, 1.807) is 12.4 Å². The lowest BCUT2D eigenvalue weighted by molar-refractivity contribution is -0.130. The van der Waals surface area contributed by atoms with Gasteiger partial charge in [-0.15, -0.1) is 0 Å². The predicted molar refractivity (Wildman–Crippen MR) is 122 cm³/mol. The fourth-order valence-corrected chi connectivity index (χ4v) is 3.91. The van der Waals surface area contributed by atoms with Crippen molar-refractivity contribution < 1.29 is 4.79 Å². The molecule has 0 unspecified atom stereocenters. The van der Waals surface area contributed by atoms with Gasteiger partial charge < -0.3 is 15.5 Å². The zero-order valence-electron chi connectivity index (χ0n) is 17.8. The lowest BCUT2D eigenvalue weighted by Gasteiger charge is -2.32. The number of nitrogens with one attached hydrogen (secondary N) is 2. The molecule has 1 aliphatic heterocycles. The topological polar surface area (TPSA) is 83.0 Å². The molecule has 1 aromatic carbocycles. The Morgan fingerprint density at radius 1 is 1.06 bits per heavy atom. The number of aryl methyl sites for hydroxylation is 1. The lowest BCUT2D eigenvalue weighted by atomic mass is 9.93. The molecule has 4 rings (SSSR count). The molecule has 0 saturated carbocycles. The van der Waals surface area contributed by atoms with E-state index in [0.29, 0.717) is 18.3 Å². The van der Waals surface area contributed by atoms with E-state index in [4.69, 9.17) is 4.98 Å². The minimum absolute atomic E-state index is 0.140. The second kappa shape index (κ2) is 10.0. The van der Waals surface area contributed by atoms with Crippen LogP contribution in [0.4, 0.5) is 17.3 Å². The molecule has 7 nitrogen and oxygen atoms in total. The molecule has 1 aliphatic rings. The third kappa shape index (κ3) is 5.36. The average molecular weight is 417 g/mol. The monoisotopic (exact) mass is 416 g/mol. The van der Waals surface area contributed by atoms with Crippen LogP contribution in [0.25, 0.3) is 0 Å². The Morgan fingerprint density at radius 2 is 1.87 bits per heavy atom. The molecule has 1 fully saturated rings. The van der Waals surface area contributed by atoms with Gasteiger partial charge in [0.15, 0.2) is 0 Å². The van der Waals surface area contributed by atoms with Crippen molar-refractivity contribution in [1.29, 1.82) is 0 Å². The molecular formula is C24H28N6O. The van der Waals surface area contributed by atoms with Gasteiger partial charge in [-0.3, -0.25) is 9.78 Å². The standard InChI is InChI=1S/C24H28N6O/c1-2-18-7-3-4-8-20(18)27-17-24(31)30-13-10-19(11-14-30)21-15-25-16-23(28-21)29-22-9-5-6-12-26-22/h3-9,12,15-16,19,27H,2,10-11,13-14,17H2,1H3,(H,26,28,29). The Hall–Kier alpha value is -3.48. The number of carbonyl (C=O) groups excluding carboxylic acids is 1. The number of piperidine rings is 1. The zero-order valence-corrected chi connectivity index (χ0v) is 17.8. The number of carbonyl (C=O) groups is 1. The number of likely N-dealkylation sites (tertiary alicyclic amines) is 1. The summed E-state index contributed by atoms with van der Waals surface area (Å²) in [5.74, 6) is 1.87. The first kappa shape index (κ1) is 20.8. The van der Waals surface area contributed by atoms with Gasteiger partial charge in [-0.25, -0.2) is 9.97 Å². The minimum atomic E-state index is 0.140. The van der Waals surface area contributed by atoms with Gasteiger partial charge in [0, 0.05) is 37.1 Å². The number of rotatable bonds is 7. The summed E-state index contributed by atoms with van der Waals surface area (Å²) in [6.45, 7) is 3.92. The second-order valence-electron chi connectivity index (χ2n) is 7.69. The van der Waals surface area contributed by atoms with E-state index < -0.39 is 0 Å². The fourth-order valence-electron chi connectivity index (χ4n) is 3.91. The highest BCUT2D eigenvalue weighted by atomic mass is 16.2. The highest BCUT2D eigenvalue weighted by Gasteiger charge is 2.25. The van der Waals surface area contributed by atoms with Crippen molar-refractivity contribution in [2.45, 2.75) is 32.1 Å². The van der Waals surface area contributed by atoms with Crippen molar-refractivity contribution in [2.75, 3.05) is 30.3 Å². The Kier molecular flexibility index (Phi) is 6.72. The summed E-state index contributed by atoms with van der Waals surface area (Å²) >= 11 is 0. The van der Waals surface area contributed by atoms with Crippen molar-refractivity contribution in [3.05, 3.63) is 72.3 Å². The summed E-state index contributed by atoms with van der Waals surface area (Å²) < 4.78 is 0. The van der Waals surface area contributed by atoms with Crippen LogP contribution in [0.2, 0.25) is 0 Å². The Labute approximate surface area is 183 Å². The number of benzene rings is 1. The first-order valence-electron chi connectivity index (χ1n) is 10.8. The number of hydrogen-bond acceptors (Lipinski definition) is 6. The largest absolute Gasteiger partial charge is 0.376 e. The molecule has 31 heavy (non-hydrogen) atoms. The minimum Gasteiger partial charge on any atom is -0.376 e. The molecule has 7 heteroatoms. The maximum absolute atomic E-state index is 12.7. The second-order valence-corrected chi connectivity index (χ2v) is 7.69. The van der Waals surface area contributed by atoms with Crippen molar-refractivity contribution in [2.24, 2.45) is 0 Å². The van der Waals surface area contributed by atoms with Gasteiger partial charge in [-0.1, -0.05) is 31.2 Å². The van der Waals surface area contributed by atoms with E-state index in [2.05, 4.69) is 33.6 Å². The first-order chi connectivity index (χ1) is 15.2. The smallest absolute Gasteiger partial charge is 0.241 e. The van der Waals surface area contributed by atoms with E-state index >= 15 is 0 Å². The molecule has 160 valence electrons. The molecule has 0 bridgehead atoms. The van der Waals surface area contributed by atoms with Crippen LogP contribution in [0.15, 0.2) is 61.1 Å². The zero-order chi connectivity index (χ0) is 21.5. The number of hydrogen-bond donors (Lipinski definition) is 2. The first-order valence-corrected chi connectivity index (χ1v) is 10.8. The van der Waals surface area contributed by atoms with Crippen molar-refractivity contribution in [3.8, 4) is 0 Å². The molecule has 2 aromatic heterocycles. The van der Waals surface area contributed by atoms with Gasteiger partial charge in [0.05, 0.1) is 18.4 Å². The predicted octanol–water partition coefficient (Wildman–Crippen LogP) is 4.00. The van der Waals surface area contributed by atoms with E-state index in [1.807, 2.05) is 47.5 Å². The van der Waals surface area contributed by atoms with E-state index in [9.17, 15) is 4.79 Å². The molecular weight excluding hydrogens is 388 g/mol. The third-order valence-electron chi connectivity index (χ3n) is 5.67. The Bertz CT molecular complexity index is 1000. The van der Waals surface area contributed by atoms with Crippen LogP contribution in [0.5, 0.6) is 0 Å². The Balaban J connectivity index is 1.30. The maximum Gasteiger partial charge on any atom is 0.241 e. The van der Waals surface area contributed by atoms with Crippen molar-refractivity contribution in [1.82, 2.24) is 19.9 Å². The summed E-state index contributed by atoms with van der Waals surface area (Å²) in [7, 11) is 0. The summed E-state index contributed by atoms with van der Waals surface area (Å²) in [6, 6.07) is 13.8. The average Bonchev–Trinajstić information content (AvgIpc) is 2.83. The lowest BCUT2D eigenvalue weighted by Crippen LogP contribution is -2.41. The van der Waals surface area contributed by atoms with Crippen LogP contribution in [0, 0.1) is 0 Å². The van der Waals surface area contributed by atoms with Crippen LogP contribution in [-0.4, -0.2) is 45.4 Å². The third-order valence-corrected chi connectivity index (χ3v) is 5.67. The summed E-state index contributed by atoms with van der Waals surface area (Å²) in [5.41, 5.74) is 3.23. The number of para-hydroxylation sites is 1. The van der Waals surface area contributed by atoms with Gasteiger partial charge in [-0.2, -0.15) is 0 Å². The molecule has 0 aliphatic carbocycles. The van der Waals surface area contributed by atoms with Crippen LogP contribution >= 0.6 is 0 Å². The molecule has 1 amide bonds. The highest BCUT2D eigenvalue weighted by Crippen LogP contribution is 2.27. The summed E-state index contributed by atoms with van der Waals surface area (Å²) in [5, 5.41) is 6.50. The molecule has 3 heterocycles. The van der Waals surface area contributed by atoms with Crippen LogP contribution in [-0.2, 0) is 11.2 Å². The number of nitrogens with zero attached hydrogens (tertiary/aromatic N) is 4. The molecule has 3 aromatic rings. The quantitative estimate of drug-likeness (QED) is 0.606. The molecule has 0 spiro atoms. The number of pyridine rings is 1. The van der Waals surface area contributed by atoms with E-state index in [0.717, 1.165) is 49.6 Å². The summed E-state index contributed by atoms with van der Waals surface area (Å²) in [6.07, 6.45) is 7.99.